The Hall–Kier alpha value is -3.22. The lowest BCUT2D eigenvalue weighted by Gasteiger charge is -2.26. The second-order valence-electron chi connectivity index (χ2n) is 8.05. The fourth-order valence-corrected chi connectivity index (χ4v) is 6.07. The van der Waals surface area contributed by atoms with Crippen molar-refractivity contribution >= 4 is 55.9 Å². The van der Waals surface area contributed by atoms with E-state index in [0.717, 1.165) is 4.73 Å². The van der Waals surface area contributed by atoms with Crippen LogP contribution in [-0.4, -0.2) is 60.8 Å². The van der Waals surface area contributed by atoms with Gasteiger partial charge in [-0.1, -0.05) is 35.3 Å². The average Bonchev–Trinajstić information content (AvgIpc) is 2.89. The number of ether oxygens (including phenoxy) is 1. The SMILES string of the molecule is COn1c(=O)ccc2c(-c3c(Cl)cccc3Cl)nc(Nc3cccc(S(=O)(=O)N4CCOCC4)c3)nc21. The van der Waals surface area contributed by atoms with Gasteiger partial charge in [0.1, 0.15) is 7.11 Å². The molecule has 0 amide bonds. The summed E-state index contributed by atoms with van der Waals surface area (Å²) in [6.07, 6.45) is 0. The molecule has 1 fully saturated rings. The Morgan fingerprint density at radius 1 is 1.00 bits per heavy atom. The molecule has 2 aromatic heterocycles. The number of rotatable bonds is 6. The van der Waals surface area contributed by atoms with Crippen LogP contribution in [0.25, 0.3) is 22.3 Å². The van der Waals surface area contributed by atoms with Crippen LogP contribution in [0.15, 0.2) is 64.3 Å². The molecule has 0 radical (unpaired) electrons. The third-order valence-electron chi connectivity index (χ3n) is 5.79. The number of hydrogen-bond donors (Lipinski definition) is 1. The molecule has 1 aliphatic rings. The van der Waals surface area contributed by atoms with Crippen LogP contribution in [0.3, 0.4) is 0 Å². The average molecular weight is 562 g/mol. The van der Waals surface area contributed by atoms with E-state index in [2.05, 4.69) is 15.3 Å². The van der Waals surface area contributed by atoms with E-state index in [-0.39, 0.29) is 29.6 Å². The van der Waals surface area contributed by atoms with Gasteiger partial charge < -0.3 is 14.9 Å². The lowest BCUT2D eigenvalue weighted by atomic mass is 10.1. The van der Waals surface area contributed by atoms with Crippen molar-refractivity contribution in [2.45, 2.75) is 4.90 Å². The topological polar surface area (TPSA) is 116 Å². The monoisotopic (exact) mass is 561 g/mol. The maximum absolute atomic E-state index is 13.1. The van der Waals surface area contributed by atoms with Crippen molar-refractivity contribution in [1.29, 1.82) is 0 Å². The Balaban J connectivity index is 1.63. The number of halogens is 2. The highest BCUT2D eigenvalue weighted by Gasteiger charge is 2.26. The van der Waals surface area contributed by atoms with Crippen molar-refractivity contribution in [2.24, 2.45) is 0 Å². The van der Waals surface area contributed by atoms with E-state index in [9.17, 15) is 13.2 Å². The number of sulfonamides is 1. The molecule has 4 aromatic rings. The predicted octanol–water partition coefficient (Wildman–Crippen LogP) is 3.59. The van der Waals surface area contributed by atoms with E-state index in [1.54, 1.807) is 36.4 Å². The Morgan fingerprint density at radius 3 is 2.41 bits per heavy atom. The lowest BCUT2D eigenvalue weighted by molar-refractivity contribution is 0.0730. The molecule has 0 spiro atoms. The van der Waals surface area contributed by atoms with Gasteiger partial charge in [0.25, 0.3) is 5.56 Å². The highest BCUT2D eigenvalue weighted by Crippen LogP contribution is 2.37. The predicted molar refractivity (Wildman–Crippen MR) is 141 cm³/mol. The molecule has 1 aliphatic heterocycles. The van der Waals surface area contributed by atoms with Gasteiger partial charge in [0.2, 0.25) is 16.0 Å². The lowest BCUT2D eigenvalue weighted by Crippen LogP contribution is -2.40. The summed E-state index contributed by atoms with van der Waals surface area (Å²) in [4.78, 5) is 26.9. The summed E-state index contributed by atoms with van der Waals surface area (Å²) in [7, 11) is -2.37. The molecule has 5 rings (SSSR count). The van der Waals surface area contributed by atoms with Crippen LogP contribution in [0.1, 0.15) is 0 Å². The normalized spacial score (nSPS) is 14.6. The summed E-state index contributed by atoms with van der Waals surface area (Å²) >= 11 is 13.0. The summed E-state index contributed by atoms with van der Waals surface area (Å²) in [5.74, 6) is 0.0795. The molecule has 2 aromatic carbocycles. The third-order valence-corrected chi connectivity index (χ3v) is 8.32. The highest BCUT2D eigenvalue weighted by atomic mass is 35.5. The second-order valence-corrected chi connectivity index (χ2v) is 10.8. The molecule has 0 atom stereocenters. The summed E-state index contributed by atoms with van der Waals surface area (Å²) in [6, 6.07) is 14.3. The quantitative estimate of drug-likeness (QED) is 0.379. The van der Waals surface area contributed by atoms with Gasteiger partial charge in [0.15, 0.2) is 5.65 Å². The summed E-state index contributed by atoms with van der Waals surface area (Å²) in [5, 5.41) is 4.23. The molecule has 13 heteroatoms. The molecule has 0 bridgehead atoms. The first-order valence-electron chi connectivity index (χ1n) is 11.2. The molecule has 10 nitrogen and oxygen atoms in total. The Morgan fingerprint density at radius 2 is 1.70 bits per heavy atom. The van der Waals surface area contributed by atoms with E-state index in [1.165, 1.54) is 29.6 Å². The molecule has 1 saturated heterocycles. The minimum absolute atomic E-state index is 0.0795. The molecule has 0 aliphatic carbocycles. The van der Waals surface area contributed by atoms with E-state index in [0.29, 0.717) is 45.6 Å². The van der Waals surface area contributed by atoms with Crippen molar-refractivity contribution < 1.29 is 18.0 Å². The molecule has 0 unspecified atom stereocenters. The number of benzene rings is 2. The van der Waals surface area contributed by atoms with Crippen LogP contribution >= 0.6 is 23.2 Å². The number of morpholine rings is 1. The maximum atomic E-state index is 13.1. The molecular weight excluding hydrogens is 541 g/mol. The van der Waals surface area contributed by atoms with Crippen LogP contribution in [0.5, 0.6) is 0 Å². The second kappa shape index (κ2) is 10.3. The first-order valence-corrected chi connectivity index (χ1v) is 13.4. The van der Waals surface area contributed by atoms with Gasteiger partial charge in [-0.2, -0.15) is 9.29 Å². The fourth-order valence-electron chi connectivity index (χ4n) is 4.04. The van der Waals surface area contributed by atoms with E-state index in [1.807, 2.05) is 0 Å². The molecule has 37 heavy (non-hydrogen) atoms. The molecule has 1 N–H and O–H groups in total. The maximum Gasteiger partial charge on any atom is 0.285 e. The van der Waals surface area contributed by atoms with Gasteiger partial charge in [0, 0.05) is 35.8 Å². The molecule has 192 valence electrons. The van der Waals surface area contributed by atoms with Gasteiger partial charge >= 0.3 is 0 Å². The zero-order valence-electron chi connectivity index (χ0n) is 19.5. The Bertz CT molecular complexity index is 1640. The van der Waals surface area contributed by atoms with E-state index in [4.69, 9.17) is 32.8 Å². The van der Waals surface area contributed by atoms with Crippen molar-refractivity contribution in [3.63, 3.8) is 0 Å². The number of fused-ring (bicyclic) bond motifs is 1. The first-order chi connectivity index (χ1) is 17.8. The molecule has 3 heterocycles. The smallest absolute Gasteiger partial charge is 0.285 e. The number of nitrogens with one attached hydrogen (secondary N) is 1. The van der Waals surface area contributed by atoms with E-state index < -0.39 is 15.6 Å². The van der Waals surface area contributed by atoms with Crippen molar-refractivity contribution in [3.05, 3.63) is 75.0 Å². The number of hydrogen-bond acceptors (Lipinski definition) is 8. The van der Waals surface area contributed by atoms with Crippen molar-refractivity contribution in [1.82, 2.24) is 19.0 Å². The van der Waals surface area contributed by atoms with Crippen LogP contribution < -0.4 is 15.7 Å². The number of pyridine rings is 1. The van der Waals surface area contributed by atoms with Crippen LogP contribution in [0, 0.1) is 0 Å². The van der Waals surface area contributed by atoms with Gasteiger partial charge in [-0.15, -0.1) is 4.73 Å². The van der Waals surface area contributed by atoms with Gasteiger partial charge in [-0.25, -0.2) is 13.4 Å². The van der Waals surface area contributed by atoms with E-state index >= 15 is 0 Å². The number of anilines is 2. The fraction of sp³-hybridized carbons (Fsp3) is 0.208. The summed E-state index contributed by atoms with van der Waals surface area (Å²) in [5.41, 5.74) is 0.981. The van der Waals surface area contributed by atoms with Crippen molar-refractivity contribution in [2.75, 3.05) is 38.7 Å². The van der Waals surface area contributed by atoms with Gasteiger partial charge in [0.05, 0.1) is 33.8 Å². The van der Waals surface area contributed by atoms with Crippen molar-refractivity contribution in [3.8, 4) is 11.3 Å². The van der Waals surface area contributed by atoms with Crippen LogP contribution in [0.2, 0.25) is 10.0 Å². The Labute approximate surface area is 222 Å². The summed E-state index contributed by atoms with van der Waals surface area (Å²) in [6.45, 7) is 1.25. The Kier molecular flexibility index (Phi) is 7.06. The van der Waals surface area contributed by atoms with Gasteiger partial charge in [-0.05, 0) is 36.4 Å². The zero-order valence-corrected chi connectivity index (χ0v) is 21.8. The number of aromatic nitrogens is 3. The third kappa shape index (κ3) is 4.88. The minimum atomic E-state index is -3.72. The summed E-state index contributed by atoms with van der Waals surface area (Å²) < 4.78 is 33.9. The highest BCUT2D eigenvalue weighted by molar-refractivity contribution is 7.89. The largest absolute Gasteiger partial charge is 0.412 e. The first kappa shape index (κ1) is 25.4. The van der Waals surface area contributed by atoms with Crippen LogP contribution in [0.4, 0.5) is 11.6 Å². The standard InChI is InChI=1S/C24H21Cl2N5O5S/c1-35-31-20(32)9-8-17-22(21-18(25)6-3-7-19(21)26)28-24(29-23(17)31)27-15-4-2-5-16(14-15)37(33,34)30-10-12-36-13-11-30/h2-9,14H,10-13H2,1H3,(H,27,28,29). The number of nitrogens with zero attached hydrogens (tertiary/aromatic N) is 4. The molecule has 0 saturated carbocycles. The van der Waals surface area contributed by atoms with Crippen LogP contribution in [-0.2, 0) is 14.8 Å². The minimum Gasteiger partial charge on any atom is -0.412 e. The zero-order chi connectivity index (χ0) is 26.2. The molecular formula is C24H21Cl2N5O5S. The van der Waals surface area contributed by atoms with Gasteiger partial charge in [-0.3, -0.25) is 4.79 Å².